The van der Waals surface area contributed by atoms with E-state index in [1.165, 1.54) is 45.1 Å². The molecule has 0 bridgehead atoms. The minimum atomic E-state index is 0.832. The molecule has 1 aliphatic carbocycles. The summed E-state index contributed by atoms with van der Waals surface area (Å²) in [6, 6.07) is 0.832. The Balaban J connectivity index is 2.01. The number of nitrogens with one attached hydrogen (secondary N) is 1. The van der Waals surface area contributed by atoms with Gasteiger partial charge in [0.1, 0.15) is 0 Å². The molecule has 0 spiro atoms. The Morgan fingerprint density at radius 2 is 1.82 bits per heavy atom. The summed E-state index contributed by atoms with van der Waals surface area (Å²) in [6.45, 7) is 4.23. The van der Waals surface area contributed by atoms with Gasteiger partial charge in [-0.15, -0.1) is 0 Å². The van der Waals surface area contributed by atoms with Crippen molar-refractivity contribution < 1.29 is 4.74 Å². The van der Waals surface area contributed by atoms with Crippen molar-refractivity contribution >= 4 is 0 Å². The monoisotopic (exact) mass is 242 g/mol. The zero-order valence-electron chi connectivity index (χ0n) is 11.7. The summed E-state index contributed by atoms with van der Waals surface area (Å²) in [5, 5.41) is 3.48. The van der Waals surface area contributed by atoms with E-state index in [2.05, 4.69) is 17.3 Å². The Bertz CT molecular complexity index is 168. The van der Waals surface area contributed by atoms with Crippen LogP contribution in [-0.4, -0.2) is 51.3 Å². The Morgan fingerprint density at radius 1 is 1.12 bits per heavy atom. The van der Waals surface area contributed by atoms with Crippen molar-refractivity contribution in [3.05, 3.63) is 0 Å². The molecule has 0 radical (unpaired) electrons. The second-order valence-corrected chi connectivity index (χ2v) is 5.22. The van der Waals surface area contributed by atoms with E-state index in [0.29, 0.717) is 0 Å². The van der Waals surface area contributed by atoms with Gasteiger partial charge in [-0.25, -0.2) is 0 Å². The summed E-state index contributed by atoms with van der Waals surface area (Å²) in [6.07, 6.45) is 9.66. The largest absolute Gasteiger partial charge is 0.385 e. The van der Waals surface area contributed by atoms with Crippen LogP contribution in [0, 0.1) is 0 Å². The van der Waals surface area contributed by atoms with Gasteiger partial charge in [-0.2, -0.15) is 0 Å². The van der Waals surface area contributed by atoms with Crippen LogP contribution in [0.1, 0.15) is 44.9 Å². The van der Waals surface area contributed by atoms with Crippen LogP contribution >= 0.6 is 0 Å². The lowest BCUT2D eigenvalue weighted by molar-refractivity contribution is 0.192. The molecular weight excluding hydrogens is 212 g/mol. The minimum absolute atomic E-state index is 0.832. The van der Waals surface area contributed by atoms with Gasteiger partial charge in [-0.1, -0.05) is 25.7 Å². The van der Waals surface area contributed by atoms with E-state index in [0.717, 1.165) is 32.2 Å². The molecule has 0 atom stereocenters. The third-order valence-electron chi connectivity index (χ3n) is 3.79. The third-order valence-corrected chi connectivity index (χ3v) is 3.79. The highest BCUT2D eigenvalue weighted by atomic mass is 16.5. The molecule has 3 nitrogen and oxygen atoms in total. The maximum absolute atomic E-state index is 5.03. The quantitative estimate of drug-likeness (QED) is 0.522. The molecular formula is C14H30N2O. The fourth-order valence-electron chi connectivity index (χ4n) is 2.60. The Labute approximate surface area is 107 Å². The number of hydrogen-bond acceptors (Lipinski definition) is 3. The molecule has 0 aliphatic heterocycles. The van der Waals surface area contributed by atoms with Crippen LogP contribution in [0.25, 0.3) is 0 Å². The molecule has 1 aliphatic rings. The standard InChI is InChI=1S/C14H30N2O/c1-16(12-11-15-10-7-13-17-2)14-8-5-3-4-6-9-14/h14-15H,3-13H2,1-2H3. The van der Waals surface area contributed by atoms with Crippen molar-refractivity contribution in [2.75, 3.05) is 40.4 Å². The maximum Gasteiger partial charge on any atom is 0.0474 e. The van der Waals surface area contributed by atoms with Gasteiger partial charge in [-0.3, -0.25) is 0 Å². The number of methoxy groups -OCH3 is 1. The van der Waals surface area contributed by atoms with Gasteiger partial charge >= 0.3 is 0 Å². The number of hydrogen-bond donors (Lipinski definition) is 1. The molecule has 0 heterocycles. The zero-order valence-corrected chi connectivity index (χ0v) is 11.7. The van der Waals surface area contributed by atoms with Crippen LogP contribution in [0.5, 0.6) is 0 Å². The molecule has 1 fully saturated rings. The topological polar surface area (TPSA) is 24.5 Å². The highest BCUT2D eigenvalue weighted by molar-refractivity contribution is 4.72. The molecule has 0 amide bonds. The molecule has 1 N–H and O–H groups in total. The minimum Gasteiger partial charge on any atom is -0.385 e. The number of likely N-dealkylation sites (N-methyl/N-ethyl adjacent to an activating group) is 1. The van der Waals surface area contributed by atoms with E-state index in [1.807, 2.05) is 0 Å². The molecule has 102 valence electrons. The first-order chi connectivity index (χ1) is 8.34. The van der Waals surface area contributed by atoms with Gasteiger partial charge in [-0.05, 0) is 32.9 Å². The van der Waals surface area contributed by atoms with Crippen molar-refractivity contribution in [3.63, 3.8) is 0 Å². The lowest BCUT2D eigenvalue weighted by Gasteiger charge is -2.27. The summed E-state index contributed by atoms with van der Waals surface area (Å²) in [4.78, 5) is 2.55. The number of nitrogens with zero attached hydrogens (tertiary/aromatic N) is 1. The van der Waals surface area contributed by atoms with Crippen LogP contribution < -0.4 is 5.32 Å². The van der Waals surface area contributed by atoms with Crippen molar-refractivity contribution in [1.29, 1.82) is 0 Å². The molecule has 0 aromatic rings. The number of ether oxygens (including phenoxy) is 1. The number of rotatable bonds is 8. The first-order valence-corrected chi connectivity index (χ1v) is 7.24. The Hall–Kier alpha value is -0.120. The van der Waals surface area contributed by atoms with E-state index < -0.39 is 0 Å². The predicted molar refractivity (Wildman–Crippen MR) is 73.5 cm³/mol. The average Bonchev–Trinajstić information content (AvgIpc) is 2.62. The first-order valence-electron chi connectivity index (χ1n) is 7.24. The van der Waals surface area contributed by atoms with E-state index in [4.69, 9.17) is 4.74 Å². The van der Waals surface area contributed by atoms with Crippen LogP contribution in [0.3, 0.4) is 0 Å². The van der Waals surface area contributed by atoms with Crippen molar-refractivity contribution in [2.45, 2.75) is 51.0 Å². The summed E-state index contributed by atoms with van der Waals surface area (Å²) < 4.78 is 5.03. The Kier molecular flexibility index (Phi) is 8.67. The SMILES string of the molecule is COCCCNCCN(C)C1CCCCCC1. The van der Waals surface area contributed by atoms with Crippen LogP contribution in [0.2, 0.25) is 0 Å². The lowest BCUT2D eigenvalue weighted by Crippen LogP contribution is -2.37. The average molecular weight is 242 g/mol. The van der Waals surface area contributed by atoms with Crippen molar-refractivity contribution in [2.24, 2.45) is 0 Å². The molecule has 0 aromatic heterocycles. The molecule has 1 saturated carbocycles. The van der Waals surface area contributed by atoms with Crippen molar-refractivity contribution in [3.8, 4) is 0 Å². The van der Waals surface area contributed by atoms with Crippen LogP contribution in [0.4, 0.5) is 0 Å². The van der Waals surface area contributed by atoms with Gasteiger partial charge in [0.25, 0.3) is 0 Å². The van der Waals surface area contributed by atoms with E-state index in [9.17, 15) is 0 Å². The molecule has 0 aromatic carbocycles. The van der Waals surface area contributed by atoms with Crippen LogP contribution in [0.15, 0.2) is 0 Å². The van der Waals surface area contributed by atoms with Gasteiger partial charge in [0.05, 0.1) is 0 Å². The van der Waals surface area contributed by atoms with Gasteiger partial charge < -0.3 is 15.0 Å². The molecule has 0 unspecified atom stereocenters. The third kappa shape index (κ3) is 7.02. The van der Waals surface area contributed by atoms with Crippen molar-refractivity contribution in [1.82, 2.24) is 10.2 Å². The maximum atomic E-state index is 5.03. The molecule has 0 saturated heterocycles. The lowest BCUT2D eigenvalue weighted by atomic mass is 10.1. The molecule has 17 heavy (non-hydrogen) atoms. The van der Waals surface area contributed by atoms with Gasteiger partial charge in [0, 0.05) is 32.8 Å². The Morgan fingerprint density at radius 3 is 2.47 bits per heavy atom. The van der Waals surface area contributed by atoms with E-state index in [-0.39, 0.29) is 0 Å². The zero-order chi connectivity index (χ0) is 12.3. The highest BCUT2D eigenvalue weighted by Crippen LogP contribution is 2.20. The highest BCUT2D eigenvalue weighted by Gasteiger charge is 2.15. The van der Waals surface area contributed by atoms with E-state index in [1.54, 1.807) is 7.11 Å². The second-order valence-electron chi connectivity index (χ2n) is 5.22. The van der Waals surface area contributed by atoms with Gasteiger partial charge in [0.2, 0.25) is 0 Å². The normalized spacial score (nSPS) is 18.5. The smallest absolute Gasteiger partial charge is 0.0474 e. The second kappa shape index (κ2) is 9.86. The van der Waals surface area contributed by atoms with Crippen LogP contribution in [-0.2, 0) is 4.74 Å². The summed E-state index contributed by atoms with van der Waals surface area (Å²) in [7, 11) is 4.05. The fourth-order valence-corrected chi connectivity index (χ4v) is 2.60. The molecule has 1 rings (SSSR count). The first kappa shape index (κ1) is 14.9. The summed E-state index contributed by atoms with van der Waals surface area (Å²) >= 11 is 0. The fraction of sp³-hybridized carbons (Fsp3) is 1.00. The summed E-state index contributed by atoms with van der Waals surface area (Å²) in [5.41, 5.74) is 0. The van der Waals surface area contributed by atoms with Gasteiger partial charge in [0.15, 0.2) is 0 Å². The summed E-state index contributed by atoms with van der Waals surface area (Å²) in [5.74, 6) is 0. The molecule has 3 heteroatoms. The van der Waals surface area contributed by atoms with E-state index >= 15 is 0 Å². The predicted octanol–water partition coefficient (Wildman–Crippen LogP) is 2.27.